The van der Waals surface area contributed by atoms with Crippen LogP contribution in [0.4, 0.5) is 0 Å². The zero-order chi connectivity index (χ0) is 8.85. The fraction of sp³-hybridized carbons (Fsp3) is 1.00. The predicted molar refractivity (Wildman–Crippen MR) is 51.5 cm³/mol. The Bertz CT molecular complexity index is 86.9. The second-order valence-electron chi connectivity index (χ2n) is 3.65. The highest BCUT2D eigenvalue weighted by Crippen LogP contribution is 2.25. The van der Waals surface area contributed by atoms with Crippen LogP contribution < -0.4 is 5.73 Å². The number of hydrogen-bond donors (Lipinski definition) is 1. The molecule has 0 bridgehead atoms. The molecule has 11 heavy (non-hydrogen) atoms. The van der Waals surface area contributed by atoms with Crippen LogP contribution >= 0.6 is 0 Å². The van der Waals surface area contributed by atoms with Crippen molar-refractivity contribution in [2.24, 2.45) is 23.5 Å². The Hall–Kier alpha value is -0.0400. The Morgan fingerprint density at radius 1 is 1.09 bits per heavy atom. The van der Waals surface area contributed by atoms with Crippen molar-refractivity contribution in [3.63, 3.8) is 0 Å². The van der Waals surface area contributed by atoms with E-state index >= 15 is 0 Å². The van der Waals surface area contributed by atoms with Crippen LogP contribution in [0.2, 0.25) is 0 Å². The molecule has 0 radical (unpaired) electrons. The SMILES string of the molecule is CCC(CC)C(C)C(C)CN. The third-order valence-electron chi connectivity index (χ3n) is 3.06. The summed E-state index contributed by atoms with van der Waals surface area (Å²) in [5.74, 6) is 2.34. The van der Waals surface area contributed by atoms with Crippen molar-refractivity contribution in [3.8, 4) is 0 Å². The topological polar surface area (TPSA) is 26.0 Å². The minimum absolute atomic E-state index is 0.680. The summed E-state index contributed by atoms with van der Waals surface area (Å²) >= 11 is 0. The summed E-state index contributed by atoms with van der Waals surface area (Å²) in [4.78, 5) is 0. The first-order valence-corrected chi connectivity index (χ1v) is 4.87. The van der Waals surface area contributed by atoms with Crippen molar-refractivity contribution in [1.29, 1.82) is 0 Å². The Morgan fingerprint density at radius 3 is 1.82 bits per heavy atom. The largest absolute Gasteiger partial charge is 0.330 e. The second-order valence-corrected chi connectivity index (χ2v) is 3.65. The van der Waals surface area contributed by atoms with Gasteiger partial charge in [0.15, 0.2) is 0 Å². The van der Waals surface area contributed by atoms with Crippen molar-refractivity contribution in [1.82, 2.24) is 0 Å². The molecule has 2 atom stereocenters. The van der Waals surface area contributed by atoms with Gasteiger partial charge in [0.2, 0.25) is 0 Å². The highest BCUT2D eigenvalue weighted by molar-refractivity contribution is 4.69. The second kappa shape index (κ2) is 5.59. The van der Waals surface area contributed by atoms with Crippen molar-refractivity contribution in [2.75, 3.05) is 6.54 Å². The van der Waals surface area contributed by atoms with Crippen LogP contribution in [-0.2, 0) is 0 Å². The standard InChI is InChI=1S/C10H23N/c1-5-10(6-2)9(4)8(3)7-11/h8-10H,5-7,11H2,1-4H3. The molecule has 0 aliphatic heterocycles. The van der Waals surface area contributed by atoms with Gasteiger partial charge < -0.3 is 5.73 Å². The zero-order valence-corrected chi connectivity index (χ0v) is 8.43. The summed E-state index contributed by atoms with van der Waals surface area (Å²) in [5, 5.41) is 0. The van der Waals surface area contributed by atoms with Crippen LogP contribution in [0.1, 0.15) is 40.5 Å². The van der Waals surface area contributed by atoms with Gasteiger partial charge in [-0.05, 0) is 24.3 Å². The van der Waals surface area contributed by atoms with Crippen molar-refractivity contribution < 1.29 is 0 Å². The summed E-state index contributed by atoms with van der Waals surface area (Å²) in [5.41, 5.74) is 5.62. The molecule has 0 fully saturated rings. The van der Waals surface area contributed by atoms with Gasteiger partial charge in [0.25, 0.3) is 0 Å². The maximum absolute atomic E-state index is 5.62. The van der Waals surface area contributed by atoms with E-state index in [0.29, 0.717) is 5.92 Å². The quantitative estimate of drug-likeness (QED) is 0.652. The predicted octanol–water partition coefficient (Wildman–Crippen LogP) is 2.65. The Labute approximate surface area is 71.4 Å². The van der Waals surface area contributed by atoms with E-state index < -0.39 is 0 Å². The molecule has 0 aromatic heterocycles. The van der Waals surface area contributed by atoms with E-state index in [1.54, 1.807) is 0 Å². The van der Waals surface area contributed by atoms with E-state index in [1.165, 1.54) is 12.8 Å². The third-order valence-corrected chi connectivity index (χ3v) is 3.06. The summed E-state index contributed by atoms with van der Waals surface area (Å²) in [6.07, 6.45) is 2.59. The summed E-state index contributed by atoms with van der Waals surface area (Å²) in [6, 6.07) is 0. The molecule has 1 nitrogen and oxygen atoms in total. The molecule has 0 rings (SSSR count). The molecule has 0 saturated carbocycles. The smallest absolute Gasteiger partial charge is 0.00489 e. The summed E-state index contributed by atoms with van der Waals surface area (Å²) in [6.45, 7) is 9.96. The Morgan fingerprint density at radius 2 is 1.55 bits per heavy atom. The van der Waals surface area contributed by atoms with Gasteiger partial charge in [-0.2, -0.15) is 0 Å². The lowest BCUT2D eigenvalue weighted by atomic mass is 9.81. The molecule has 0 amide bonds. The van der Waals surface area contributed by atoms with E-state index in [1.807, 2.05) is 0 Å². The van der Waals surface area contributed by atoms with Crippen LogP contribution in [0.3, 0.4) is 0 Å². The number of rotatable bonds is 5. The molecule has 1 heteroatoms. The minimum Gasteiger partial charge on any atom is -0.330 e. The van der Waals surface area contributed by atoms with E-state index in [2.05, 4.69) is 27.7 Å². The minimum atomic E-state index is 0.680. The lowest BCUT2D eigenvalue weighted by molar-refractivity contribution is 0.253. The van der Waals surface area contributed by atoms with Crippen LogP contribution in [0.5, 0.6) is 0 Å². The van der Waals surface area contributed by atoms with Gasteiger partial charge in [0.05, 0.1) is 0 Å². The molecule has 2 N–H and O–H groups in total. The van der Waals surface area contributed by atoms with Gasteiger partial charge in [-0.25, -0.2) is 0 Å². The summed E-state index contributed by atoms with van der Waals surface area (Å²) < 4.78 is 0. The first kappa shape index (κ1) is 11.0. The molecule has 0 spiro atoms. The molecule has 0 aliphatic rings. The lowest BCUT2D eigenvalue weighted by Crippen LogP contribution is -2.24. The van der Waals surface area contributed by atoms with E-state index in [-0.39, 0.29) is 0 Å². The van der Waals surface area contributed by atoms with E-state index in [0.717, 1.165) is 18.4 Å². The molecule has 0 saturated heterocycles. The normalized spacial score (nSPS) is 16.9. The van der Waals surface area contributed by atoms with Gasteiger partial charge in [0.1, 0.15) is 0 Å². The van der Waals surface area contributed by atoms with Gasteiger partial charge in [-0.3, -0.25) is 0 Å². The van der Waals surface area contributed by atoms with Gasteiger partial charge in [-0.1, -0.05) is 40.5 Å². The highest BCUT2D eigenvalue weighted by Gasteiger charge is 2.18. The lowest BCUT2D eigenvalue weighted by Gasteiger charge is -2.26. The van der Waals surface area contributed by atoms with Crippen molar-refractivity contribution in [3.05, 3.63) is 0 Å². The third kappa shape index (κ3) is 3.24. The van der Waals surface area contributed by atoms with E-state index in [9.17, 15) is 0 Å². The molecule has 0 aliphatic carbocycles. The molecule has 0 aromatic carbocycles. The number of hydrogen-bond acceptors (Lipinski definition) is 1. The van der Waals surface area contributed by atoms with E-state index in [4.69, 9.17) is 5.73 Å². The molecule has 0 heterocycles. The molecular weight excluding hydrogens is 134 g/mol. The first-order valence-electron chi connectivity index (χ1n) is 4.87. The van der Waals surface area contributed by atoms with Gasteiger partial charge >= 0.3 is 0 Å². The maximum atomic E-state index is 5.62. The van der Waals surface area contributed by atoms with Crippen molar-refractivity contribution >= 4 is 0 Å². The van der Waals surface area contributed by atoms with Crippen LogP contribution in [0, 0.1) is 17.8 Å². The van der Waals surface area contributed by atoms with Crippen molar-refractivity contribution in [2.45, 2.75) is 40.5 Å². The van der Waals surface area contributed by atoms with Crippen LogP contribution in [0.15, 0.2) is 0 Å². The molecule has 0 aromatic rings. The number of nitrogens with two attached hydrogens (primary N) is 1. The molecular formula is C10H23N. The monoisotopic (exact) mass is 157 g/mol. The highest BCUT2D eigenvalue weighted by atomic mass is 14.5. The maximum Gasteiger partial charge on any atom is -0.00489 e. The average Bonchev–Trinajstić information content (AvgIpc) is 2.05. The fourth-order valence-corrected chi connectivity index (χ4v) is 1.71. The fourth-order valence-electron chi connectivity index (χ4n) is 1.71. The van der Waals surface area contributed by atoms with Crippen LogP contribution in [0.25, 0.3) is 0 Å². The average molecular weight is 157 g/mol. The zero-order valence-electron chi connectivity index (χ0n) is 8.43. The van der Waals surface area contributed by atoms with Gasteiger partial charge in [0, 0.05) is 0 Å². The molecule has 2 unspecified atom stereocenters. The first-order chi connectivity index (χ1) is 5.17. The van der Waals surface area contributed by atoms with Gasteiger partial charge in [-0.15, -0.1) is 0 Å². The molecule has 68 valence electrons. The Balaban J connectivity index is 3.86. The summed E-state index contributed by atoms with van der Waals surface area (Å²) in [7, 11) is 0. The Kier molecular flexibility index (Phi) is 5.57. The van der Waals surface area contributed by atoms with Crippen LogP contribution in [-0.4, -0.2) is 6.54 Å².